The molecule has 0 aromatic heterocycles. The fraction of sp³-hybridized carbons (Fsp3) is 0.562. The van der Waals surface area contributed by atoms with Gasteiger partial charge in [-0.3, -0.25) is 4.79 Å². The molecule has 5 nitrogen and oxygen atoms in total. The first kappa shape index (κ1) is 21.0. The Kier molecular flexibility index (Phi) is 6.24. The van der Waals surface area contributed by atoms with E-state index in [0.29, 0.717) is 12.8 Å². The Labute approximate surface area is 155 Å². The highest BCUT2D eigenvalue weighted by Crippen LogP contribution is 2.38. The molecule has 1 aliphatic rings. The van der Waals surface area contributed by atoms with Crippen LogP contribution in [0.5, 0.6) is 0 Å². The van der Waals surface area contributed by atoms with Crippen LogP contribution in [0, 0.1) is 5.92 Å². The van der Waals surface area contributed by atoms with Crippen molar-refractivity contribution in [2.45, 2.75) is 42.8 Å². The Morgan fingerprint density at radius 2 is 1.85 bits per heavy atom. The highest BCUT2D eigenvalue weighted by atomic mass is 35.5. The molecule has 2 atom stereocenters. The number of halogens is 4. The Balaban J connectivity index is 2.29. The quantitative estimate of drug-likeness (QED) is 0.823. The van der Waals surface area contributed by atoms with E-state index in [9.17, 15) is 26.4 Å². The largest absolute Gasteiger partial charge is 0.393 e. The van der Waals surface area contributed by atoms with Gasteiger partial charge in [-0.2, -0.15) is 13.2 Å². The highest BCUT2D eigenvalue weighted by molar-refractivity contribution is 7.89. The number of benzene rings is 1. The first-order chi connectivity index (χ1) is 11.9. The van der Waals surface area contributed by atoms with Gasteiger partial charge in [0.05, 0.1) is 21.4 Å². The molecule has 1 aliphatic carbocycles. The summed E-state index contributed by atoms with van der Waals surface area (Å²) < 4.78 is 64.9. The van der Waals surface area contributed by atoms with Gasteiger partial charge in [0.25, 0.3) is 5.91 Å². The van der Waals surface area contributed by atoms with Crippen molar-refractivity contribution in [3.63, 3.8) is 0 Å². The summed E-state index contributed by atoms with van der Waals surface area (Å²) in [5.74, 6) is -2.43. The zero-order valence-corrected chi connectivity index (χ0v) is 15.9. The lowest BCUT2D eigenvalue weighted by Crippen LogP contribution is -2.47. The fourth-order valence-corrected chi connectivity index (χ4v) is 4.12. The predicted octanol–water partition coefficient (Wildman–Crippen LogP) is 3.44. The smallest absolute Gasteiger partial charge is 0.349 e. The minimum atomic E-state index is -4.40. The van der Waals surface area contributed by atoms with E-state index in [0.717, 1.165) is 10.4 Å². The zero-order chi connectivity index (χ0) is 19.7. The van der Waals surface area contributed by atoms with Gasteiger partial charge in [0.1, 0.15) is 0 Å². The van der Waals surface area contributed by atoms with Crippen LogP contribution in [-0.4, -0.2) is 44.9 Å². The number of hydrogen-bond acceptors (Lipinski definition) is 3. The highest BCUT2D eigenvalue weighted by Gasteiger charge is 2.46. The molecule has 26 heavy (non-hydrogen) atoms. The lowest BCUT2D eigenvalue weighted by atomic mass is 9.84. The van der Waals surface area contributed by atoms with E-state index in [4.69, 9.17) is 11.6 Å². The summed E-state index contributed by atoms with van der Waals surface area (Å²) in [4.78, 5) is 12.3. The number of hydrogen-bond donors (Lipinski definition) is 1. The van der Waals surface area contributed by atoms with Gasteiger partial charge in [0.15, 0.2) is 0 Å². The van der Waals surface area contributed by atoms with Crippen molar-refractivity contribution in [3.05, 3.63) is 28.8 Å². The van der Waals surface area contributed by atoms with Gasteiger partial charge in [-0.1, -0.05) is 24.4 Å². The van der Waals surface area contributed by atoms with Crippen LogP contribution in [0.3, 0.4) is 0 Å². The third-order valence-electron chi connectivity index (χ3n) is 4.46. The van der Waals surface area contributed by atoms with E-state index in [2.05, 4.69) is 5.32 Å². The number of alkyl halides is 3. The molecular weight excluding hydrogens is 393 g/mol. The van der Waals surface area contributed by atoms with E-state index in [-0.39, 0.29) is 28.3 Å². The van der Waals surface area contributed by atoms with E-state index in [1.54, 1.807) is 0 Å². The van der Waals surface area contributed by atoms with Crippen LogP contribution in [0.4, 0.5) is 13.2 Å². The van der Waals surface area contributed by atoms with Crippen LogP contribution >= 0.6 is 11.6 Å². The van der Waals surface area contributed by atoms with Crippen LogP contribution in [-0.2, 0) is 10.0 Å². The molecule has 1 aromatic rings. The average Bonchev–Trinajstić information content (AvgIpc) is 2.54. The van der Waals surface area contributed by atoms with Gasteiger partial charge in [-0.15, -0.1) is 0 Å². The van der Waals surface area contributed by atoms with Crippen molar-refractivity contribution in [2.75, 3.05) is 14.1 Å². The maximum atomic E-state index is 13.2. The molecule has 0 unspecified atom stereocenters. The molecule has 0 spiro atoms. The topological polar surface area (TPSA) is 66.5 Å². The normalized spacial score (nSPS) is 21.7. The predicted molar refractivity (Wildman–Crippen MR) is 91.6 cm³/mol. The molecule has 0 heterocycles. The molecule has 1 amide bonds. The van der Waals surface area contributed by atoms with Gasteiger partial charge >= 0.3 is 6.18 Å². The van der Waals surface area contributed by atoms with E-state index < -0.39 is 34.1 Å². The molecule has 0 saturated heterocycles. The Bertz CT molecular complexity index is 781. The summed E-state index contributed by atoms with van der Waals surface area (Å²) in [7, 11) is -1.14. The van der Waals surface area contributed by atoms with Crippen molar-refractivity contribution < 1.29 is 26.4 Å². The maximum absolute atomic E-state index is 13.2. The third-order valence-corrected chi connectivity index (χ3v) is 6.60. The minimum Gasteiger partial charge on any atom is -0.349 e. The average molecular weight is 413 g/mol. The van der Waals surface area contributed by atoms with Crippen molar-refractivity contribution in [3.8, 4) is 0 Å². The van der Waals surface area contributed by atoms with Gasteiger partial charge in [0, 0.05) is 20.1 Å². The number of rotatable bonds is 4. The second kappa shape index (κ2) is 7.74. The monoisotopic (exact) mass is 412 g/mol. The zero-order valence-electron chi connectivity index (χ0n) is 14.3. The first-order valence-corrected chi connectivity index (χ1v) is 9.86. The summed E-state index contributed by atoms with van der Waals surface area (Å²) in [5.41, 5.74) is -0.166. The van der Waals surface area contributed by atoms with E-state index >= 15 is 0 Å². The third kappa shape index (κ3) is 4.50. The number of carbonyl (C=O) groups excluding carboxylic acids is 1. The van der Waals surface area contributed by atoms with Gasteiger partial charge in [-0.25, -0.2) is 12.7 Å². The molecule has 1 saturated carbocycles. The molecule has 146 valence electrons. The Hall–Kier alpha value is -1.32. The van der Waals surface area contributed by atoms with Crippen LogP contribution < -0.4 is 5.32 Å². The molecule has 10 heteroatoms. The van der Waals surface area contributed by atoms with Crippen molar-refractivity contribution in [2.24, 2.45) is 5.92 Å². The SMILES string of the molecule is CN(C)S(=O)(=O)c1ccc(Cl)c(C(=O)N[C@@H]2CCCC[C@H]2C(F)(F)F)c1. The molecule has 0 bridgehead atoms. The van der Waals surface area contributed by atoms with E-state index in [1.807, 2.05) is 0 Å². The van der Waals surface area contributed by atoms with Crippen LogP contribution in [0.2, 0.25) is 5.02 Å². The van der Waals surface area contributed by atoms with Crippen LogP contribution in [0.15, 0.2) is 23.1 Å². The number of sulfonamides is 1. The van der Waals surface area contributed by atoms with E-state index in [1.165, 1.54) is 26.2 Å². The molecule has 1 aromatic carbocycles. The molecule has 1 fully saturated rings. The van der Waals surface area contributed by atoms with Gasteiger partial charge in [-0.05, 0) is 31.0 Å². The Morgan fingerprint density at radius 1 is 1.23 bits per heavy atom. The van der Waals surface area contributed by atoms with Gasteiger partial charge in [0.2, 0.25) is 10.0 Å². The molecule has 0 aliphatic heterocycles. The number of nitrogens with zero attached hydrogens (tertiary/aromatic N) is 1. The number of carbonyl (C=O) groups is 1. The molecular formula is C16H20ClF3N2O3S. The molecule has 2 rings (SSSR count). The standard InChI is InChI=1S/C16H20ClF3N2O3S/c1-22(2)26(24,25)10-7-8-13(17)11(9-10)15(23)21-14-6-4-3-5-12(14)16(18,19)20/h7-9,12,14H,3-6H2,1-2H3,(H,21,23)/t12-,14-/m1/s1. The number of nitrogens with one attached hydrogen (secondary N) is 1. The minimum absolute atomic E-state index is 0.0282. The lowest BCUT2D eigenvalue weighted by molar-refractivity contribution is -0.187. The Morgan fingerprint density at radius 3 is 2.42 bits per heavy atom. The molecule has 1 N–H and O–H groups in total. The van der Waals surface area contributed by atoms with Crippen molar-refractivity contribution in [1.29, 1.82) is 0 Å². The fourth-order valence-electron chi connectivity index (χ4n) is 2.99. The summed E-state index contributed by atoms with van der Waals surface area (Å²) in [5, 5.41) is 2.36. The second-order valence-corrected chi connectivity index (χ2v) is 9.00. The van der Waals surface area contributed by atoms with Crippen LogP contribution in [0.1, 0.15) is 36.0 Å². The van der Waals surface area contributed by atoms with Crippen molar-refractivity contribution >= 4 is 27.5 Å². The first-order valence-electron chi connectivity index (χ1n) is 8.04. The lowest BCUT2D eigenvalue weighted by Gasteiger charge is -2.33. The molecule has 0 radical (unpaired) electrons. The summed E-state index contributed by atoms with van der Waals surface area (Å²) >= 11 is 5.97. The summed E-state index contributed by atoms with van der Waals surface area (Å²) in [6, 6.07) is 2.52. The maximum Gasteiger partial charge on any atom is 0.393 e. The summed E-state index contributed by atoms with van der Waals surface area (Å²) in [6.07, 6.45) is -3.20. The second-order valence-electron chi connectivity index (χ2n) is 6.44. The van der Waals surface area contributed by atoms with Gasteiger partial charge < -0.3 is 5.32 Å². The van der Waals surface area contributed by atoms with Crippen molar-refractivity contribution in [1.82, 2.24) is 9.62 Å². The number of amides is 1. The summed E-state index contributed by atoms with van der Waals surface area (Å²) in [6.45, 7) is 0. The van der Waals surface area contributed by atoms with Crippen LogP contribution in [0.25, 0.3) is 0 Å².